The Morgan fingerprint density at radius 2 is 1.95 bits per heavy atom. The molecule has 0 atom stereocenters. The van der Waals surface area contributed by atoms with E-state index in [2.05, 4.69) is 5.32 Å². The van der Waals surface area contributed by atoms with Gasteiger partial charge in [0.25, 0.3) is 0 Å². The van der Waals surface area contributed by atoms with Gasteiger partial charge in [0.2, 0.25) is 10.0 Å². The summed E-state index contributed by atoms with van der Waals surface area (Å²) < 4.78 is 32.0. The Labute approximate surface area is 121 Å². The predicted octanol–water partition coefficient (Wildman–Crippen LogP) is 1.38. The van der Waals surface area contributed by atoms with E-state index in [1.807, 2.05) is 6.92 Å². The van der Waals surface area contributed by atoms with E-state index in [9.17, 15) is 8.42 Å². The average Bonchev–Trinajstić information content (AvgIpc) is 2.47. The number of rotatable bonds is 4. The number of hydrogen-bond acceptors (Lipinski definition) is 4. The second kappa shape index (κ2) is 6.11. The molecule has 5 nitrogen and oxygen atoms in total. The summed E-state index contributed by atoms with van der Waals surface area (Å²) in [6.07, 6.45) is 1.70. The number of piperidine rings is 1. The fourth-order valence-corrected chi connectivity index (χ4v) is 4.05. The first-order chi connectivity index (χ1) is 9.46. The smallest absolute Gasteiger partial charge is 0.243 e. The monoisotopic (exact) mass is 298 g/mol. The van der Waals surface area contributed by atoms with Gasteiger partial charge in [-0.25, -0.2) is 8.42 Å². The Morgan fingerprint density at radius 3 is 2.50 bits per heavy atom. The zero-order chi connectivity index (χ0) is 14.8. The van der Waals surface area contributed by atoms with Crippen molar-refractivity contribution in [1.29, 1.82) is 0 Å². The van der Waals surface area contributed by atoms with E-state index in [4.69, 9.17) is 4.74 Å². The third kappa shape index (κ3) is 2.97. The van der Waals surface area contributed by atoms with E-state index in [0.717, 1.165) is 31.5 Å². The van der Waals surface area contributed by atoms with E-state index in [0.29, 0.717) is 10.6 Å². The highest BCUT2D eigenvalue weighted by Gasteiger charge is 2.29. The van der Waals surface area contributed by atoms with Crippen molar-refractivity contribution in [3.63, 3.8) is 0 Å². The molecular formula is C14H22N2O3S. The summed E-state index contributed by atoms with van der Waals surface area (Å²) in [6.45, 7) is 3.58. The molecule has 1 saturated heterocycles. The minimum absolute atomic E-state index is 0.0728. The maximum absolute atomic E-state index is 12.6. The minimum Gasteiger partial charge on any atom is -0.496 e. The van der Waals surface area contributed by atoms with Gasteiger partial charge in [0.1, 0.15) is 5.75 Å². The van der Waals surface area contributed by atoms with Crippen molar-refractivity contribution in [2.45, 2.75) is 30.7 Å². The molecule has 1 aromatic rings. The summed E-state index contributed by atoms with van der Waals surface area (Å²) in [5.41, 5.74) is 0.826. The lowest BCUT2D eigenvalue weighted by molar-refractivity contribution is 0.296. The van der Waals surface area contributed by atoms with Crippen LogP contribution in [-0.2, 0) is 10.0 Å². The standard InChI is InChI=1S/C14H22N2O3S/c1-11-10-13(4-5-14(11)19-3)20(17,18)16(2)12-6-8-15-9-7-12/h4-5,10,12,15H,6-9H2,1-3H3. The van der Waals surface area contributed by atoms with Crippen LogP contribution in [-0.4, -0.2) is 46.0 Å². The molecular weight excluding hydrogens is 276 g/mol. The van der Waals surface area contributed by atoms with E-state index >= 15 is 0 Å². The Morgan fingerprint density at radius 1 is 1.30 bits per heavy atom. The van der Waals surface area contributed by atoms with Gasteiger partial charge in [0.05, 0.1) is 12.0 Å². The summed E-state index contributed by atoms with van der Waals surface area (Å²) >= 11 is 0. The van der Waals surface area contributed by atoms with Gasteiger partial charge < -0.3 is 10.1 Å². The summed E-state index contributed by atoms with van der Waals surface area (Å²) in [7, 11) is -0.184. The van der Waals surface area contributed by atoms with Gasteiger partial charge in [0, 0.05) is 13.1 Å². The van der Waals surface area contributed by atoms with Crippen molar-refractivity contribution < 1.29 is 13.2 Å². The Kier molecular flexibility index (Phi) is 4.67. The normalized spacial score (nSPS) is 17.4. The molecule has 2 rings (SSSR count). The van der Waals surface area contributed by atoms with Crippen LogP contribution in [0, 0.1) is 6.92 Å². The van der Waals surface area contributed by atoms with Crippen LogP contribution in [0.3, 0.4) is 0 Å². The molecule has 0 radical (unpaired) electrons. The molecule has 0 aromatic heterocycles. The number of methoxy groups -OCH3 is 1. The van der Waals surface area contributed by atoms with Gasteiger partial charge in [-0.3, -0.25) is 0 Å². The number of sulfonamides is 1. The highest BCUT2D eigenvalue weighted by Crippen LogP contribution is 2.25. The van der Waals surface area contributed by atoms with Gasteiger partial charge in [0.15, 0.2) is 0 Å². The molecule has 0 amide bonds. The van der Waals surface area contributed by atoms with Crippen LogP contribution >= 0.6 is 0 Å². The first kappa shape index (κ1) is 15.3. The maximum atomic E-state index is 12.6. The molecule has 1 N–H and O–H groups in total. The Hall–Kier alpha value is -1.11. The van der Waals surface area contributed by atoms with E-state index in [-0.39, 0.29) is 6.04 Å². The number of hydrogen-bond donors (Lipinski definition) is 1. The minimum atomic E-state index is -3.44. The quantitative estimate of drug-likeness (QED) is 0.912. The lowest BCUT2D eigenvalue weighted by Gasteiger charge is -2.31. The molecule has 1 aliphatic rings. The largest absolute Gasteiger partial charge is 0.496 e. The highest BCUT2D eigenvalue weighted by atomic mass is 32.2. The first-order valence-corrected chi connectivity index (χ1v) is 8.24. The molecule has 0 saturated carbocycles. The van der Waals surface area contributed by atoms with Gasteiger partial charge in [-0.15, -0.1) is 0 Å². The van der Waals surface area contributed by atoms with Crippen LogP contribution in [0.25, 0.3) is 0 Å². The number of nitrogens with one attached hydrogen (secondary N) is 1. The first-order valence-electron chi connectivity index (χ1n) is 6.80. The van der Waals surface area contributed by atoms with Crippen molar-refractivity contribution in [2.24, 2.45) is 0 Å². The predicted molar refractivity (Wildman–Crippen MR) is 78.6 cm³/mol. The van der Waals surface area contributed by atoms with Gasteiger partial charge in [-0.2, -0.15) is 4.31 Å². The third-order valence-electron chi connectivity index (χ3n) is 3.87. The van der Waals surface area contributed by atoms with E-state index in [1.54, 1.807) is 32.4 Å². The zero-order valence-corrected chi connectivity index (χ0v) is 13.0. The van der Waals surface area contributed by atoms with Gasteiger partial charge in [-0.05, 0) is 56.6 Å². The molecule has 20 heavy (non-hydrogen) atoms. The molecule has 112 valence electrons. The second-order valence-electron chi connectivity index (χ2n) is 5.13. The van der Waals surface area contributed by atoms with Crippen LogP contribution in [0.1, 0.15) is 18.4 Å². The summed E-state index contributed by atoms with van der Waals surface area (Å²) in [4.78, 5) is 0.330. The maximum Gasteiger partial charge on any atom is 0.243 e. The van der Waals surface area contributed by atoms with Crippen LogP contribution in [0.2, 0.25) is 0 Å². The Balaban J connectivity index is 2.27. The number of ether oxygens (including phenoxy) is 1. The van der Waals surface area contributed by atoms with Crippen LogP contribution in [0.4, 0.5) is 0 Å². The second-order valence-corrected chi connectivity index (χ2v) is 7.13. The fraction of sp³-hybridized carbons (Fsp3) is 0.571. The van der Waals surface area contributed by atoms with Crippen molar-refractivity contribution in [1.82, 2.24) is 9.62 Å². The average molecular weight is 298 g/mol. The van der Waals surface area contributed by atoms with Crippen molar-refractivity contribution in [2.75, 3.05) is 27.2 Å². The van der Waals surface area contributed by atoms with Crippen LogP contribution < -0.4 is 10.1 Å². The number of benzene rings is 1. The SMILES string of the molecule is COc1ccc(S(=O)(=O)N(C)C2CCNCC2)cc1C. The molecule has 0 spiro atoms. The van der Waals surface area contributed by atoms with Gasteiger partial charge in [-0.1, -0.05) is 0 Å². The molecule has 0 bridgehead atoms. The van der Waals surface area contributed by atoms with Crippen molar-refractivity contribution >= 4 is 10.0 Å². The van der Waals surface area contributed by atoms with Crippen LogP contribution in [0.15, 0.2) is 23.1 Å². The van der Waals surface area contributed by atoms with E-state index in [1.165, 1.54) is 4.31 Å². The topological polar surface area (TPSA) is 58.6 Å². The number of nitrogens with zero attached hydrogens (tertiary/aromatic N) is 1. The lowest BCUT2D eigenvalue weighted by atomic mass is 10.1. The summed E-state index contributed by atoms with van der Waals surface area (Å²) in [5.74, 6) is 0.702. The third-order valence-corrected chi connectivity index (χ3v) is 5.77. The highest BCUT2D eigenvalue weighted by molar-refractivity contribution is 7.89. The zero-order valence-electron chi connectivity index (χ0n) is 12.2. The van der Waals surface area contributed by atoms with Crippen molar-refractivity contribution in [3.8, 4) is 5.75 Å². The molecule has 1 heterocycles. The van der Waals surface area contributed by atoms with Gasteiger partial charge >= 0.3 is 0 Å². The molecule has 0 aliphatic carbocycles. The number of aryl methyl sites for hydroxylation is 1. The lowest BCUT2D eigenvalue weighted by Crippen LogP contribution is -2.43. The molecule has 6 heteroatoms. The molecule has 0 unspecified atom stereocenters. The summed E-state index contributed by atoms with van der Waals surface area (Å²) in [5, 5.41) is 3.25. The molecule has 1 fully saturated rings. The summed E-state index contributed by atoms with van der Waals surface area (Å²) in [6, 6.07) is 5.06. The Bertz CT molecular complexity index is 566. The molecule has 1 aliphatic heterocycles. The van der Waals surface area contributed by atoms with E-state index < -0.39 is 10.0 Å². The van der Waals surface area contributed by atoms with Crippen LogP contribution in [0.5, 0.6) is 5.75 Å². The molecule has 1 aromatic carbocycles. The van der Waals surface area contributed by atoms with Crippen molar-refractivity contribution in [3.05, 3.63) is 23.8 Å². The fourth-order valence-electron chi connectivity index (χ4n) is 2.54.